The lowest BCUT2D eigenvalue weighted by atomic mass is 10.2. The molecule has 0 radical (unpaired) electrons. The molecule has 0 amide bonds. The number of esters is 1. The minimum absolute atomic E-state index is 0.218. The number of carbonyl (C=O) groups is 1. The third-order valence-electron chi connectivity index (χ3n) is 1.71. The van der Waals surface area contributed by atoms with Crippen LogP contribution in [0.4, 0.5) is 0 Å². The maximum Gasteiger partial charge on any atom is 0.329 e. The smallest absolute Gasteiger partial charge is 0.329 e. The second kappa shape index (κ2) is 5.23. The number of carbonyl (C=O) groups excluding carboxylic acids is 1. The normalized spacial score (nSPS) is 11.2. The number of benzene rings is 1. The summed E-state index contributed by atoms with van der Waals surface area (Å²) in [5.41, 5.74) is 5.53. The van der Waals surface area contributed by atoms with E-state index in [4.69, 9.17) is 20.3 Å². The number of nitrogens with two attached hydrogens (primary N) is 1. The van der Waals surface area contributed by atoms with Crippen molar-refractivity contribution in [2.45, 2.75) is 6.16 Å². The molecule has 7 heteroatoms. The first-order valence-electron chi connectivity index (χ1n) is 4.45. The Kier molecular flexibility index (Phi) is 4.20. The lowest BCUT2D eigenvalue weighted by Crippen LogP contribution is -2.19. The molecule has 0 fully saturated rings. The third kappa shape index (κ3) is 4.55. The first kappa shape index (κ1) is 12.9. The summed E-state index contributed by atoms with van der Waals surface area (Å²) in [5, 5.41) is 0. The van der Waals surface area contributed by atoms with Crippen LogP contribution in [0.15, 0.2) is 24.3 Å². The van der Waals surface area contributed by atoms with E-state index in [2.05, 4.69) is 0 Å². The van der Waals surface area contributed by atoms with Crippen LogP contribution in [-0.4, -0.2) is 22.3 Å². The van der Waals surface area contributed by atoms with E-state index in [-0.39, 0.29) is 12.7 Å². The van der Waals surface area contributed by atoms with Crippen molar-refractivity contribution in [1.82, 2.24) is 0 Å². The van der Waals surface area contributed by atoms with Crippen LogP contribution in [0.25, 0.3) is 0 Å². The average Bonchev–Trinajstić information content (AvgIpc) is 2.18. The standard InChI is InChI=1S/C9H12NO5P/c10-5-9(11)15-8-3-1-7(2-4-8)6-16(12,13)14/h1-4H,5-6,10H2,(H2,12,13,14). The number of hydrogen-bond donors (Lipinski definition) is 3. The molecule has 0 unspecified atom stereocenters. The maximum absolute atomic E-state index is 10.8. The molecule has 16 heavy (non-hydrogen) atoms. The highest BCUT2D eigenvalue weighted by atomic mass is 31.2. The summed E-state index contributed by atoms with van der Waals surface area (Å²) < 4.78 is 15.5. The summed E-state index contributed by atoms with van der Waals surface area (Å²) in [4.78, 5) is 28.3. The van der Waals surface area contributed by atoms with Gasteiger partial charge in [-0.1, -0.05) is 12.1 Å². The molecule has 1 aromatic rings. The zero-order valence-electron chi connectivity index (χ0n) is 8.37. The van der Waals surface area contributed by atoms with Crippen molar-refractivity contribution < 1.29 is 23.9 Å². The molecule has 1 aromatic carbocycles. The lowest BCUT2D eigenvalue weighted by Gasteiger charge is -2.05. The van der Waals surface area contributed by atoms with Crippen molar-refractivity contribution in [2.75, 3.05) is 6.54 Å². The lowest BCUT2D eigenvalue weighted by molar-refractivity contribution is -0.132. The first-order chi connectivity index (χ1) is 7.40. The van der Waals surface area contributed by atoms with Crippen molar-refractivity contribution in [3.8, 4) is 5.75 Å². The summed E-state index contributed by atoms with van der Waals surface area (Å²) >= 11 is 0. The molecule has 0 heterocycles. The van der Waals surface area contributed by atoms with Crippen LogP contribution >= 0.6 is 7.60 Å². The molecule has 88 valence electrons. The van der Waals surface area contributed by atoms with E-state index in [9.17, 15) is 9.36 Å². The van der Waals surface area contributed by atoms with Crippen molar-refractivity contribution in [2.24, 2.45) is 5.73 Å². The van der Waals surface area contributed by atoms with E-state index in [0.29, 0.717) is 11.3 Å². The topological polar surface area (TPSA) is 110 Å². The first-order valence-corrected chi connectivity index (χ1v) is 6.25. The summed E-state index contributed by atoms with van der Waals surface area (Å²) in [6.45, 7) is -0.218. The van der Waals surface area contributed by atoms with Crippen LogP contribution in [0.3, 0.4) is 0 Å². The molecular formula is C9H12NO5P. The van der Waals surface area contributed by atoms with Crippen LogP contribution in [0.2, 0.25) is 0 Å². The Morgan fingerprint density at radius 3 is 2.31 bits per heavy atom. The summed E-state index contributed by atoms with van der Waals surface area (Å²) in [6.07, 6.45) is -0.335. The van der Waals surface area contributed by atoms with Gasteiger partial charge in [-0.05, 0) is 17.7 Å². The fourth-order valence-corrected chi connectivity index (χ4v) is 1.76. The highest BCUT2D eigenvalue weighted by Gasteiger charge is 2.13. The van der Waals surface area contributed by atoms with Crippen molar-refractivity contribution in [1.29, 1.82) is 0 Å². The third-order valence-corrected chi connectivity index (χ3v) is 2.49. The minimum atomic E-state index is -4.06. The largest absolute Gasteiger partial charge is 0.426 e. The molecule has 0 aliphatic rings. The molecule has 0 spiro atoms. The van der Waals surface area contributed by atoms with Gasteiger partial charge in [0.05, 0.1) is 12.7 Å². The molecule has 0 aliphatic heterocycles. The number of ether oxygens (including phenoxy) is 1. The zero-order chi connectivity index (χ0) is 12.2. The Bertz CT molecular complexity index is 410. The molecule has 0 atom stereocenters. The SMILES string of the molecule is NCC(=O)Oc1ccc(CP(=O)(O)O)cc1. The van der Waals surface area contributed by atoms with Gasteiger partial charge in [-0.2, -0.15) is 0 Å². The van der Waals surface area contributed by atoms with E-state index in [1.807, 2.05) is 0 Å². The summed E-state index contributed by atoms with van der Waals surface area (Å²) in [7, 11) is -4.06. The molecule has 0 aromatic heterocycles. The van der Waals surface area contributed by atoms with Gasteiger partial charge >= 0.3 is 13.6 Å². The molecule has 0 saturated carbocycles. The quantitative estimate of drug-likeness (QED) is 0.398. The van der Waals surface area contributed by atoms with Crippen LogP contribution in [0.5, 0.6) is 5.75 Å². The molecule has 6 nitrogen and oxygen atoms in total. The van der Waals surface area contributed by atoms with Crippen LogP contribution in [0.1, 0.15) is 5.56 Å². The van der Waals surface area contributed by atoms with Gasteiger partial charge < -0.3 is 20.3 Å². The van der Waals surface area contributed by atoms with E-state index in [0.717, 1.165) is 0 Å². The van der Waals surface area contributed by atoms with Gasteiger partial charge in [0, 0.05) is 0 Å². The van der Waals surface area contributed by atoms with Crippen molar-refractivity contribution in [3.63, 3.8) is 0 Å². The molecule has 1 rings (SSSR count). The van der Waals surface area contributed by atoms with E-state index < -0.39 is 13.6 Å². The predicted octanol–water partition coefficient (Wildman–Crippen LogP) is 0.228. The van der Waals surface area contributed by atoms with Gasteiger partial charge in [0.15, 0.2) is 0 Å². The molecule has 0 aliphatic carbocycles. The van der Waals surface area contributed by atoms with Crippen LogP contribution in [-0.2, 0) is 15.5 Å². The Balaban J connectivity index is 2.68. The Hall–Kier alpha value is -1.20. The van der Waals surface area contributed by atoms with Crippen molar-refractivity contribution >= 4 is 13.6 Å². The monoisotopic (exact) mass is 245 g/mol. The number of rotatable bonds is 4. The highest BCUT2D eigenvalue weighted by molar-refractivity contribution is 7.50. The Morgan fingerprint density at radius 1 is 1.31 bits per heavy atom. The fraction of sp³-hybridized carbons (Fsp3) is 0.222. The van der Waals surface area contributed by atoms with Crippen LogP contribution in [0, 0.1) is 0 Å². The van der Waals surface area contributed by atoms with E-state index >= 15 is 0 Å². The minimum Gasteiger partial charge on any atom is -0.426 e. The van der Waals surface area contributed by atoms with Gasteiger partial charge in [-0.15, -0.1) is 0 Å². The van der Waals surface area contributed by atoms with Gasteiger partial charge in [-0.25, -0.2) is 0 Å². The van der Waals surface area contributed by atoms with Gasteiger partial charge in [-0.3, -0.25) is 9.36 Å². The van der Waals surface area contributed by atoms with Crippen molar-refractivity contribution in [3.05, 3.63) is 29.8 Å². The Morgan fingerprint density at radius 2 is 1.88 bits per heavy atom. The van der Waals surface area contributed by atoms with Gasteiger partial charge in [0.25, 0.3) is 0 Å². The number of hydrogen-bond acceptors (Lipinski definition) is 4. The van der Waals surface area contributed by atoms with Gasteiger partial charge in [0.2, 0.25) is 0 Å². The van der Waals surface area contributed by atoms with E-state index in [1.54, 1.807) is 0 Å². The summed E-state index contributed by atoms with van der Waals surface area (Å²) in [5.74, 6) is -0.271. The summed E-state index contributed by atoms with van der Waals surface area (Å²) in [6, 6.07) is 5.88. The Labute approximate surface area is 92.2 Å². The van der Waals surface area contributed by atoms with Crippen LogP contribution < -0.4 is 10.5 Å². The highest BCUT2D eigenvalue weighted by Crippen LogP contribution is 2.39. The second-order valence-corrected chi connectivity index (χ2v) is 4.79. The second-order valence-electron chi connectivity index (χ2n) is 3.14. The van der Waals surface area contributed by atoms with E-state index in [1.165, 1.54) is 24.3 Å². The molecule has 0 saturated heterocycles. The average molecular weight is 245 g/mol. The maximum atomic E-state index is 10.8. The predicted molar refractivity (Wildman–Crippen MR) is 56.9 cm³/mol. The molecular weight excluding hydrogens is 233 g/mol. The molecule has 0 bridgehead atoms. The zero-order valence-corrected chi connectivity index (χ0v) is 9.26. The van der Waals surface area contributed by atoms with Gasteiger partial charge in [0.1, 0.15) is 5.75 Å². The fourth-order valence-electron chi connectivity index (χ4n) is 1.07. The molecule has 4 N–H and O–H groups in total.